The Bertz CT molecular complexity index is 684. The van der Waals surface area contributed by atoms with Crippen LogP contribution in [0.5, 0.6) is 17.2 Å². The van der Waals surface area contributed by atoms with Gasteiger partial charge in [0.2, 0.25) is 0 Å². The summed E-state index contributed by atoms with van der Waals surface area (Å²) in [5, 5.41) is 4.43. The van der Waals surface area contributed by atoms with Gasteiger partial charge in [0.05, 0.1) is 13.2 Å². The van der Waals surface area contributed by atoms with Crippen LogP contribution in [0.2, 0.25) is 0 Å². The molecule has 0 saturated carbocycles. The van der Waals surface area contributed by atoms with Gasteiger partial charge in [0.15, 0.2) is 11.5 Å². The van der Waals surface area contributed by atoms with E-state index in [1.807, 2.05) is 38.1 Å². The summed E-state index contributed by atoms with van der Waals surface area (Å²) < 4.78 is 17.0. The van der Waals surface area contributed by atoms with E-state index in [1.54, 1.807) is 6.07 Å². The van der Waals surface area contributed by atoms with Gasteiger partial charge in [-0.25, -0.2) is 4.79 Å². The van der Waals surface area contributed by atoms with Crippen molar-refractivity contribution < 1.29 is 19.0 Å². The third-order valence-corrected chi connectivity index (χ3v) is 3.51. The molecular weight excluding hydrogens is 306 g/mol. The van der Waals surface area contributed by atoms with E-state index in [1.165, 1.54) is 0 Å². The summed E-state index contributed by atoms with van der Waals surface area (Å²) in [4.78, 5) is 12.0. The Balaban J connectivity index is 2.38. The van der Waals surface area contributed by atoms with E-state index in [0.29, 0.717) is 37.0 Å². The van der Waals surface area contributed by atoms with Gasteiger partial charge in [-0.1, -0.05) is 37.6 Å². The van der Waals surface area contributed by atoms with E-state index in [0.717, 1.165) is 23.6 Å². The Labute approximate surface area is 142 Å². The number of fused-ring (bicyclic) bond motifs is 1. The Morgan fingerprint density at radius 3 is 2.38 bits per heavy atom. The van der Waals surface area contributed by atoms with Crippen LogP contribution in [0.25, 0.3) is 10.8 Å². The number of nitrogens with one attached hydrogen (secondary N) is 1. The molecule has 0 bridgehead atoms. The van der Waals surface area contributed by atoms with Gasteiger partial charge in [-0.05, 0) is 20.3 Å². The van der Waals surface area contributed by atoms with Gasteiger partial charge in [0, 0.05) is 23.4 Å². The minimum atomic E-state index is -0.458. The highest BCUT2D eigenvalue weighted by Crippen LogP contribution is 2.41. The molecule has 2 aromatic rings. The highest BCUT2D eigenvalue weighted by atomic mass is 16.6. The van der Waals surface area contributed by atoms with Crippen LogP contribution >= 0.6 is 0 Å². The SMILES string of the molecule is CCCCNC(=O)Oc1cc(OCC)c(OCC)c2ccccc12. The van der Waals surface area contributed by atoms with E-state index in [9.17, 15) is 4.79 Å². The van der Waals surface area contributed by atoms with Gasteiger partial charge in [0.1, 0.15) is 5.75 Å². The van der Waals surface area contributed by atoms with Crippen LogP contribution in [-0.2, 0) is 0 Å². The molecule has 0 heterocycles. The Kier molecular flexibility index (Phi) is 6.73. The molecule has 0 atom stereocenters. The molecular formula is C19H25NO4. The van der Waals surface area contributed by atoms with Crippen LogP contribution in [0, 0.1) is 0 Å². The summed E-state index contributed by atoms with van der Waals surface area (Å²) >= 11 is 0. The fraction of sp³-hybridized carbons (Fsp3) is 0.421. The molecule has 1 N–H and O–H groups in total. The van der Waals surface area contributed by atoms with Crippen molar-refractivity contribution in [1.29, 1.82) is 0 Å². The first-order valence-corrected chi connectivity index (χ1v) is 8.48. The number of hydrogen-bond acceptors (Lipinski definition) is 4. The lowest BCUT2D eigenvalue weighted by molar-refractivity contribution is 0.200. The maximum absolute atomic E-state index is 12.0. The van der Waals surface area contributed by atoms with E-state index in [-0.39, 0.29) is 0 Å². The molecule has 0 aliphatic heterocycles. The fourth-order valence-corrected chi connectivity index (χ4v) is 2.43. The molecule has 5 heteroatoms. The molecule has 0 fully saturated rings. The summed E-state index contributed by atoms with van der Waals surface area (Å²) in [6, 6.07) is 9.38. The summed E-state index contributed by atoms with van der Waals surface area (Å²) in [7, 11) is 0. The second-order valence-electron chi connectivity index (χ2n) is 5.28. The third kappa shape index (κ3) is 4.31. The molecule has 24 heavy (non-hydrogen) atoms. The smallest absolute Gasteiger partial charge is 0.412 e. The monoisotopic (exact) mass is 331 g/mol. The maximum atomic E-state index is 12.0. The van der Waals surface area contributed by atoms with Crippen molar-refractivity contribution in [3.63, 3.8) is 0 Å². The first-order chi connectivity index (χ1) is 11.7. The lowest BCUT2D eigenvalue weighted by atomic mass is 10.1. The van der Waals surface area contributed by atoms with Gasteiger partial charge in [-0.3, -0.25) is 0 Å². The molecule has 130 valence electrons. The number of rotatable bonds is 8. The second kappa shape index (κ2) is 9.01. The molecule has 1 amide bonds. The zero-order valence-electron chi connectivity index (χ0n) is 14.6. The summed E-state index contributed by atoms with van der Waals surface area (Å²) in [5.74, 6) is 1.72. The molecule has 0 saturated heterocycles. The zero-order valence-corrected chi connectivity index (χ0v) is 14.6. The third-order valence-electron chi connectivity index (χ3n) is 3.51. The van der Waals surface area contributed by atoms with Gasteiger partial charge in [-0.15, -0.1) is 0 Å². The maximum Gasteiger partial charge on any atom is 0.412 e. The molecule has 2 aromatic carbocycles. The molecule has 0 aliphatic rings. The Morgan fingerprint density at radius 2 is 1.71 bits per heavy atom. The summed E-state index contributed by atoms with van der Waals surface area (Å²) in [6.45, 7) is 7.53. The number of hydrogen-bond donors (Lipinski definition) is 1. The topological polar surface area (TPSA) is 56.8 Å². The van der Waals surface area contributed by atoms with E-state index < -0.39 is 6.09 Å². The van der Waals surface area contributed by atoms with Crippen LogP contribution in [0.4, 0.5) is 4.79 Å². The van der Waals surface area contributed by atoms with Crippen molar-refractivity contribution in [3.05, 3.63) is 30.3 Å². The molecule has 0 spiro atoms. The zero-order chi connectivity index (χ0) is 17.4. The highest BCUT2D eigenvalue weighted by Gasteiger charge is 2.17. The molecule has 0 aromatic heterocycles. The average Bonchev–Trinajstić information content (AvgIpc) is 2.58. The van der Waals surface area contributed by atoms with Crippen molar-refractivity contribution in [1.82, 2.24) is 5.32 Å². The van der Waals surface area contributed by atoms with Gasteiger partial charge in [-0.2, -0.15) is 0 Å². The molecule has 0 aliphatic carbocycles. The number of carbonyl (C=O) groups is 1. The van der Waals surface area contributed by atoms with Crippen molar-refractivity contribution in [3.8, 4) is 17.2 Å². The minimum Gasteiger partial charge on any atom is -0.490 e. The molecule has 0 unspecified atom stereocenters. The average molecular weight is 331 g/mol. The van der Waals surface area contributed by atoms with Crippen LogP contribution in [0.15, 0.2) is 30.3 Å². The standard InChI is InChI=1S/C19H25NO4/c1-4-7-12-20-19(21)24-16-13-17(22-5-2)18(23-6-3)15-11-9-8-10-14(15)16/h8-11,13H,4-7,12H2,1-3H3,(H,20,21). The van der Waals surface area contributed by atoms with Crippen molar-refractivity contribution in [2.24, 2.45) is 0 Å². The van der Waals surface area contributed by atoms with Crippen molar-refractivity contribution in [2.75, 3.05) is 19.8 Å². The van der Waals surface area contributed by atoms with E-state index >= 15 is 0 Å². The van der Waals surface area contributed by atoms with Crippen LogP contribution < -0.4 is 19.5 Å². The van der Waals surface area contributed by atoms with Crippen molar-refractivity contribution >= 4 is 16.9 Å². The highest BCUT2D eigenvalue weighted by molar-refractivity contribution is 5.96. The van der Waals surface area contributed by atoms with E-state index in [2.05, 4.69) is 12.2 Å². The molecule has 0 radical (unpaired) electrons. The summed E-state index contributed by atoms with van der Waals surface area (Å²) in [6.07, 6.45) is 1.48. The number of benzene rings is 2. The van der Waals surface area contributed by atoms with Crippen LogP contribution in [-0.4, -0.2) is 25.9 Å². The summed E-state index contributed by atoms with van der Waals surface area (Å²) in [5.41, 5.74) is 0. The van der Waals surface area contributed by atoms with Crippen LogP contribution in [0.3, 0.4) is 0 Å². The minimum absolute atomic E-state index is 0.458. The Morgan fingerprint density at radius 1 is 1.00 bits per heavy atom. The fourth-order valence-electron chi connectivity index (χ4n) is 2.43. The lowest BCUT2D eigenvalue weighted by Crippen LogP contribution is -2.27. The second-order valence-corrected chi connectivity index (χ2v) is 5.28. The molecule has 5 nitrogen and oxygen atoms in total. The quantitative estimate of drug-likeness (QED) is 0.722. The van der Waals surface area contributed by atoms with Gasteiger partial charge < -0.3 is 19.5 Å². The largest absolute Gasteiger partial charge is 0.490 e. The van der Waals surface area contributed by atoms with Gasteiger partial charge in [0.25, 0.3) is 0 Å². The first-order valence-electron chi connectivity index (χ1n) is 8.48. The van der Waals surface area contributed by atoms with Crippen molar-refractivity contribution in [2.45, 2.75) is 33.6 Å². The number of amides is 1. The predicted octanol–water partition coefficient (Wildman–Crippen LogP) is 4.53. The lowest BCUT2D eigenvalue weighted by Gasteiger charge is -2.16. The normalized spacial score (nSPS) is 10.5. The molecule has 2 rings (SSSR count). The first kappa shape index (κ1) is 17.9. The Hall–Kier alpha value is -2.43. The van der Waals surface area contributed by atoms with E-state index in [4.69, 9.17) is 14.2 Å². The van der Waals surface area contributed by atoms with Crippen LogP contribution in [0.1, 0.15) is 33.6 Å². The number of carbonyl (C=O) groups excluding carboxylic acids is 1. The van der Waals surface area contributed by atoms with Gasteiger partial charge >= 0.3 is 6.09 Å². The predicted molar refractivity (Wildman–Crippen MR) is 95.2 cm³/mol. The number of unbranched alkanes of at least 4 members (excludes halogenated alkanes) is 1. The number of ether oxygens (including phenoxy) is 3.